The number of aryl methyl sites for hydroxylation is 1. The first kappa shape index (κ1) is 12.9. The van der Waals surface area contributed by atoms with Crippen molar-refractivity contribution in [2.45, 2.75) is 26.3 Å². The fourth-order valence-electron chi connectivity index (χ4n) is 3.14. The molecule has 2 aliphatic heterocycles. The van der Waals surface area contributed by atoms with Crippen molar-refractivity contribution in [1.82, 2.24) is 10.2 Å². The van der Waals surface area contributed by atoms with Crippen molar-refractivity contribution in [3.8, 4) is 0 Å². The van der Waals surface area contributed by atoms with Gasteiger partial charge in [-0.1, -0.05) is 6.07 Å². The molecule has 0 atom stereocenters. The summed E-state index contributed by atoms with van der Waals surface area (Å²) in [7, 11) is 0. The molecule has 3 nitrogen and oxygen atoms in total. The quantitative estimate of drug-likeness (QED) is 0.896. The molecule has 2 fully saturated rings. The number of hydrogen-bond donors (Lipinski definition) is 1. The zero-order valence-electron chi connectivity index (χ0n) is 12.0. The van der Waals surface area contributed by atoms with Crippen LogP contribution in [0.3, 0.4) is 0 Å². The molecule has 0 amide bonds. The summed E-state index contributed by atoms with van der Waals surface area (Å²) in [5.41, 5.74) is 4.35. The number of anilines is 1. The van der Waals surface area contributed by atoms with Crippen molar-refractivity contribution in [2.24, 2.45) is 0 Å². The molecule has 0 bridgehead atoms. The van der Waals surface area contributed by atoms with Crippen LogP contribution in [0.2, 0.25) is 0 Å². The van der Waals surface area contributed by atoms with Crippen molar-refractivity contribution in [3.63, 3.8) is 0 Å². The number of nitrogens with zero attached hydrogens (tertiary/aromatic N) is 2. The van der Waals surface area contributed by atoms with Crippen molar-refractivity contribution in [3.05, 3.63) is 29.3 Å². The Balaban J connectivity index is 1.68. The lowest BCUT2D eigenvalue weighted by Crippen LogP contribution is -2.43. The smallest absolute Gasteiger partial charge is 0.0369 e. The maximum atomic E-state index is 3.41. The number of benzene rings is 1. The highest BCUT2D eigenvalue weighted by Gasteiger charge is 2.14. The van der Waals surface area contributed by atoms with E-state index in [2.05, 4.69) is 40.2 Å². The third kappa shape index (κ3) is 3.10. The van der Waals surface area contributed by atoms with Gasteiger partial charge < -0.3 is 10.2 Å². The summed E-state index contributed by atoms with van der Waals surface area (Å²) in [6.45, 7) is 10.4. The number of rotatable bonds is 3. The van der Waals surface area contributed by atoms with Crippen LogP contribution < -0.4 is 10.2 Å². The summed E-state index contributed by atoms with van der Waals surface area (Å²) < 4.78 is 0. The Morgan fingerprint density at radius 2 is 1.79 bits per heavy atom. The van der Waals surface area contributed by atoms with Gasteiger partial charge in [0, 0.05) is 51.5 Å². The van der Waals surface area contributed by atoms with E-state index in [1.165, 1.54) is 55.8 Å². The normalized spacial score (nSPS) is 21.0. The van der Waals surface area contributed by atoms with Crippen LogP contribution in [-0.4, -0.2) is 44.2 Å². The van der Waals surface area contributed by atoms with E-state index < -0.39 is 0 Å². The number of piperazine rings is 1. The third-order valence-corrected chi connectivity index (χ3v) is 4.40. The SMILES string of the molecule is Cc1cc(N2CCCC2)ccc1CN1CCNCC1. The maximum Gasteiger partial charge on any atom is 0.0369 e. The van der Waals surface area contributed by atoms with Gasteiger partial charge in [-0.2, -0.15) is 0 Å². The van der Waals surface area contributed by atoms with Gasteiger partial charge in [0.25, 0.3) is 0 Å². The van der Waals surface area contributed by atoms with E-state index in [4.69, 9.17) is 0 Å². The van der Waals surface area contributed by atoms with Gasteiger partial charge in [0.05, 0.1) is 0 Å². The predicted molar refractivity (Wildman–Crippen MR) is 80.8 cm³/mol. The number of nitrogens with one attached hydrogen (secondary N) is 1. The summed E-state index contributed by atoms with van der Waals surface area (Å²) in [6.07, 6.45) is 2.70. The van der Waals surface area contributed by atoms with Crippen molar-refractivity contribution in [1.29, 1.82) is 0 Å². The summed E-state index contributed by atoms with van der Waals surface area (Å²) in [4.78, 5) is 5.07. The fourth-order valence-corrected chi connectivity index (χ4v) is 3.14. The molecule has 104 valence electrons. The van der Waals surface area contributed by atoms with E-state index in [0.717, 1.165) is 19.6 Å². The molecular weight excluding hydrogens is 234 g/mol. The largest absolute Gasteiger partial charge is 0.372 e. The molecule has 0 aromatic heterocycles. The Morgan fingerprint density at radius 1 is 1.05 bits per heavy atom. The first-order chi connectivity index (χ1) is 9.33. The average Bonchev–Trinajstić information content (AvgIpc) is 2.96. The third-order valence-electron chi connectivity index (χ3n) is 4.40. The van der Waals surface area contributed by atoms with Gasteiger partial charge >= 0.3 is 0 Å². The van der Waals surface area contributed by atoms with Crippen LogP contribution in [-0.2, 0) is 6.54 Å². The lowest BCUT2D eigenvalue weighted by atomic mass is 10.1. The van der Waals surface area contributed by atoms with Crippen LogP contribution in [0.15, 0.2) is 18.2 Å². The van der Waals surface area contributed by atoms with Gasteiger partial charge in [-0.05, 0) is 43.0 Å². The van der Waals surface area contributed by atoms with Gasteiger partial charge in [0.2, 0.25) is 0 Å². The van der Waals surface area contributed by atoms with Gasteiger partial charge in [0.1, 0.15) is 0 Å². The molecule has 3 rings (SSSR count). The van der Waals surface area contributed by atoms with Crippen LogP contribution in [0.4, 0.5) is 5.69 Å². The Labute approximate surface area is 116 Å². The van der Waals surface area contributed by atoms with Crippen LogP contribution in [0.25, 0.3) is 0 Å². The second-order valence-electron chi connectivity index (χ2n) is 5.83. The molecule has 1 aromatic carbocycles. The molecule has 0 radical (unpaired) electrons. The first-order valence-electron chi connectivity index (χ1n) is 7.60. The summed E-state index contributed by atoms with van der Waals surface area (Å²) >= 11 is 0. The van der Waals surface area contributed by atoms with Gasteiger partial charge in [-0.3, -0.25) is 4.90 Å². The number of hydrogen-bond acceptors (Lipinski definition) is 3. The lowest BCUT2D eigenvalue weighted by molar-refractivity contribution is 0.233. The van der Waals surface area contributed by atoms with Crippen LogP contribution in [0, 0.1) is 6.92 Å². The highest BCUT2D eigenvalue weighted by Crippen LogP contribution is 2.23. The molecule has 1 aromatic rings. The van der Waals surface area contributed by atoms with Crippen molar-refractivity contribution < 1.29 is 0 Å². The molecule has 1 N–H and O–H groups in total. The molecule has 2 heterocycles. The second-order valence-corrected chi connectivity index (χ2v) is 5.83. The Kier molecular flexibility index (Phi) is 4.04. The second kappa shape index (κ2) is 5.93. The minimum Gasteiger partial charge on any atom is -0.372 e. The van der Waals surface area contributed by atoms with E-state index in [-0.39, 0.29) is 0 Å². The van der Waals surface area contributed by atoms with Crippen molar-refractivity contribution in [2.75, 3.05) is 44.2 Å². The van der Waals surface area contributed by atoms with Crippen molar-refractivity contribution >= 4 is 5.69 Å². The van der Waals surface area contributed by atoms with E-state index in [0.29, 0.717) is 0 Å². The first-order valence-corrected chi connectivity index (χ1v) is 7.60. The Bertz CT molecular complexity index is 418. The lowest BCUT2D eigenvalue weighted by Gasteiger charge is -2.28. The molecule has 3 heteroatoms. The molecule has 2 saturated heterocycles. The Hall–Kier alpha value is -1.06. The summed E-state index contributed by atoms with van der Waals surface area (Å²) in [6, 6.07) is 7.03. The predicted octanol–water partition coefficient (Wildman–Crippen LogP) is 2.00. The van der Waals surface area contributed by atoms with Gasteiger partial charge in [-0.25, -0.2) is 0 Å². The monoisotopic (exact) mass is 259 g/mol. The van der Waals surface area contributed by atoms with Crippen LogP contribution >= 0.6 is 0 Å². The zero-order chi connectivity index (χ0) is 13.1. The molecule has 0 spiro atoms. The van der Waals surface area contributed by atoms with Crippen LogP contribution in [0.1, 0.15) is 24.0 Å². The Morgan fingerprint density at radius 3 is 2.47 bits per heavy atom. The maximum absolute atomic E-state index is 3.41. The van der Waals surface area contributed by atoms with Gasteiger partial charge in [-0.15, -0.1) is 0 Å². The highest BCUT2D eigenvalue weighted by atomic mass is 15.2. The van der Waals surface area contributed by atoms with Crippen LogP contribution in [0.5, 0.6) is 0 Å². The minimum absolute atomic E-state index is 1.10. The van der Waals surface area contributed by atoms with E-state index in [1.807, 2.05) is 0 Å². The molecule has 19 heavy (non-hydrogen) atoms. The molecule has 0 saturated carbocycles. The molecule has 0 unspecified atom stereocenters. The summed E-state index contributed by atoms with van der Waals surface area (Å²) in [5.74, 6) is 0. The molecule has 2 aliphatic rings. The van der Waals surface area contributed by atoms with E-state index in [1.54, 1.807) is 0 Å². The molecular formula is C16H25N3. The minimum atomic E-state index is 1.10. The highest BCUT2D eigenvalue weighted by molar-refractivity contribution is 5.51. The zero-order valence-corrected chi connectivity index (χ0v) is 12.0. The van der Waals surface area contributed by atoms with Gasteiger partial charge in [0.15, 0.2) is 0 Å². The van der Waals surface area contributed by atoms with E-state index in [9.17, 15) is 0 Å². The summed E-state index contributed by atoms with van der Waals surface area (Å²) in [5, 5.41) is 3.41. The fraction of sp³-hybridized carbons (Fsp3) is 0.625. The average molecular weight is 259 g/mol. The standard InChI is InChI=1S/C16H25N3/c1-14-12-16(19-8-2-3-9-19)5-4-15(14)13-18-10-6-17-7-11-18/h4-5,12,17H,2-3,6-11,13H2,1H3. The molecule has 0 aliphatic carbocycles. The topological polar surface area (TPSA) is 18.5 Å². The van der Waals surface area contributed by atoms with E-state index >= 15 is 0 Å².